The lowest BCUT2D eigenvalue weighted by Gasteiger charge is -2.45. The van der Waals surface area contributed by atoms with Gasteiger partial charge in [-0.25, -0.2) is 0 Å². The first-order valence-electron chi connectivity index (χ1n) is 7.36. The van der Waals surface area contributed by atoms with E-state index >= 15 is 0 Å². The lowest BCUT2D eigenvalue weighted by Crippen LogP contribution is -2.54. The highest BCUT2D eigenvalue weighted by atomic mass is 16.5. The minimum Gasteiger partial charge on any atom is -0.497 e. The average molecular weight is 295 g/mol. The van der Waals surface area contributed by atoms with Crippen molar-refractivity contribution in [3.05, 3.63) is 23.8 Å². The summed E-state index contributed by atoms with van der Waals surface area (Å²) < 4.78 is 10.8. The Morgan fingerprint density at radius 2 is 1.81 bits per heavy atom. The SMILES string of the molecule is CCC(CC)(C(NN)c1ccc(OC)cc1OC)N(C)C. The number of likely N-dealkylation sites (N-methyl/N-ethyl adjacent to an activating group) is 1. The zero-order valence-corrected chi connectivity index (χ0v) is 14.1. The smallest absolute Gasteiger partial charge is 0.127 e. The highest BCUT2D eigenvalue weighted by Gasteiger charge is 2.39. The van der Waals surface area contributed by atoms with E-state index in [0.29, 0.717) is 0 Å². The van der Waals surface area contributed by atoms with Crippen LogP contribution in [0.5, 0.6) is 11.5 Å². The Bertz CT molecular complexity index is 445. The van der Waals surface area contributed by atoms with Gasteiger partial charge >= 0.3 is 0 Å². The van der Waals surface area contributed by atoms with Crippen LogP contribution in [0, 0.1) is 0 Å². The van der Waals surface area contributed by atoms with Crippen LogP contribution < -0.4 is 20.7 Å². The van der Waals surface area contributed by atoms with Gasteiger partial charge in [-0.2, -0.15) is 0 Å². The number of ether oxygens (including phenoxy) is 2. The van der Waals surface area contributed by atoms with Crippen molar-refractivity contribution in [1.82, 2.24) is 10.3 Å². The number of nitrogens with zero attached hydrogens (tertiary/aromatic N) is 1. The molecule has 0 aliphatic rings. The molecule has 1 unspecified atom stereocenters. The number of rotatable bonds is 8. The first-order chi connectivity index (χ1) is 10.00. The third kappa shape index (κ3) is 3.31. The molecule has 3 N–H and O–H groups in total. The molecule has 1 atom stereocenters. The maximum atomic E-state index is 5.91. The van der Waals surface area contributed by atoms with Crippen LogP contribution in [0.4, 0.5) is 0 Å². The summed E-state index contributed by atoms with van der Waals surface area (Å²) in [5, 5.41) is 0. The molecule has 0 aromatic heterocycles. The van der Waals surface area contributed by atoms with Gasteiger partial charge in [-0.15, -0.1) is 0 Å². The van der Waals surface area contributed by atoms with Gasteiger partial charge in [0.2, 0.25) is 0 Å². The van der Waals surface area contributed by atoms with Crippen LogP contribution in [0.1, 0.15) is 38.3 Å². The molecule has 1 aromatic carbocycles. The quantitative estimate of drug-likeness (QED) is 0.569. The van der Waals surface area contributed by atoms with E-state index in [9.17, 15) is 0 Å². The van der Waals surface area contributed by atoms with Crippen molar-refractivity contribution in [1.29, 1.82) is 0 Å². The van der Waals surface area contributed by atoms with Crippen LogP contribution >= 0.6 is 0 Å². The summed E-state index contributed by atoms with van der Waals surface area (Å²) in [7, 11) is 7.50. The summed E-state index contributed by atoms with van der Waals surface area (Å²) in [4.78, 5) is 2.24. The number of nitrogens with two attached hydrogens (primary N) is 1. The largest absolute Gasteiger partial charge is 0.497 e. The van der Waals surface area contributed by atoms with Gasteiger partial charge in [-0.05, 0) is 39.1 Å². The summed E-state index contributed by atoms with van der Waals surface area (Å²) >= 11 is 0. The zero-order valence-electron chi connectivity index (χ0n) is 14.1. The molecule has 0 bridgehead atoms. The van der Waals surface area contributed by atoms with E-state index in [0.717, 1.165) is 29.9 Å². The van der Waals surface area contributed by atoms with Crippen molar-refractivity contribution < 1.29 is 9.47 Å². The highest BCUT2D eigenvalue weighted by molar-refractivity contribution is 5.43. The maximum Gasteiger partial charge on any atom is 0.127 e. The Labute approximate surface area is 128 Å². The van der Waals surface area contributed by atoms with Gasteiger partial charge in [0.15, 0.2) is 0 Å². The molecule has 1 rings (SSSR count). The van der Waals surface area contributed by atoms with Crippen LogP contribution in [0.2, 0.25) is 0 Å². The second kappa shape index (κ2) is 7.64. The molecule has 0 heterocycles. The van der Waals surface area contributed by atoms with Crippen molar-refractivity contribution in [3.63, 3.8) is 0 Å². The van der Waals surface area contributed by atoms with Crippen molar-refractivity contribution in [2.75, 3.05) is 28.3 Å². The number of benzene rings is 1. The van der Waals surface area contributed by atoms with Crippen molar-refractivity contribution in [3.8, 4) is 11.5 Å². The molecular weight excluding hydrogens is 266 g/mol. The summed E-state index contributed by atoms with van der Waals surface area (Å²) in [6.45, 7) is 4.37. The minimum atomic E-state index is -0.0867. The summed E-state index contributed by atoms with van der Waals surface area (Å²) in [5.41, 5.74) is 3.95. The lowest BCUT2D eigenvalue weighted by molar-refractivity contribution is 0.0869. The number of hydrogen-bond donors (Lipinski definition) is 2. The van der Waals surface area contributed by atoms with Gasteiger partial charge in [-0.1, -0.05) is 13.8 Å². The monoisotopic (exact) mass is 295 g/mol. The molecule has 0 fully saturated rings. The molecule has 5 heteroatoms. The Morgan fingerprint density at radius 1 is 1.19 bits per heavy atom. The van der Waals surface area contributed by atoms with Gasteiger partial charge in [0.1, 0.15) is 11.5 Å². The number of hydrazine groups is 1. The fourth-order valence-electron chi connectivity index (χ4n) is 3.14. The molecule has 0 radical (unpaired) electrons. The van der Waals surface area contributed by atoms with Crippen LogP contribution in [-0.4, -0.2) is 38.8 Å². The third-order valence-corrected chi connectivity index (χ3v) is 4.57. The molecule has 0 amide bonds. The number of nitrogens with one attached hydrogen (secondary N) is 1. The fraction of sp³-hybridized carbons (Fsp3) is 0.625. The first kappa shape index (κ1) is 17.8. The van der Waals surface area contributed by atoms with E-state index in [4.69, 9.17) is 15.3 Å². The summed E-state index contributed by atoms with van der Waals surface area (Å²) in [6, 6.07) is 5.81. The Kier molecular flexibility index (Phi) is 6.45. The van der Waals surface area contributed by atoms with E-state index in [-0.39, 0.29) is 11.6 Å². The first-order valence-corrected chi connectivity index (χ1v) is 7.36. The highest BCUT2D eigenvalue weighted by Crippen LogP contribution is 2.40. The molecule has 120 valence electrons. The van der Waals surface area contributed by atoms with Crippen molar-refractivity contribution >= 4 is 0 Å². The predicted molar refractivity (Wildman–Crippen MR) is 86.6 cm³/mol. The average Bonchev–Trinajstić information content (AvgIpc) is 2.51. The molecular formula is C16H29N3O2. The van der Waals surface area contributed by atoms with Crippen LogP contribution in [0.25, 0.3) is 0 Å². The van der Waals surface area contributed by atoms with Gasteiger partial charge in [0.25, 0.3) is 0 Å². The maximum absolute atomic E-state index is 5.91. The fourth-order valence-corrected chi connectivity index (χ4v) is 3.14. The van der Waals surface area contributed by atoms with E-state index in [1.54, 1.807) is 14.2 Å². The van der Waals surface area contributed by atoms with Crippen molar-refractivity contribution in [2.24, 2.45) is 5.84 Å². The molecule has 0 aliphatic heterocycles. The molecule has 0 saturated heterocycles. The van der Waals surface area contributed by atoms with Crippen LogP contribution in [0.3, 0.4) is 0 Å². The Balaban J connectivity index is 3.38. The minimum absolute atomic E-state index is 0.0386. The lowest BCUT2D eigenvalue weighted by atomic mass is 9.79. The molecule has 0 spiro atoms. The van der Waals surface area contributed by atoms with E-state index < -0.39 is 0 Å². The molecule has 1 aromatic rings. The van der Waals surface area contributed by atoms with Crippen LogP contribution in [0.15, 0.2) is 18.2 Å². The van der Waals surface area contributed by atoms with E-state index in [1.165, 1.54) is 0 Å². The molecule has 0 aliphatic carbocycles. The Morgan fingerprint density at radius 3 is 2.19 bits per heavy atom. The predicted octanol–water partition coefficient (Wildman–Crippen LogP) is 2.33. The van der Waals surface area contributed by atoms with E-state index in [1.807, 2.05) is 18.2 Å². The van der Waals surface area contributed by atoms with Gasteiger partial charge in [0.05, 0.1) is 20.3 Å². The molecule has 5 nitrogen and oxygen atoms in total. The normalized spacial score (nSPS) is 13.3. The van der Waals surface area contributed by atoms with Gasteiger partial charge in [0, 0.05) is 17.2 Å². The summed E-state index contributed by atoms with van der Waals surface area (Å²) in [5.74, 6) is 7.47. The standard InChI is InChI=1S/C16H29N3O2/c1-7-16(8-2,19(3)4)15(18-17)13-10-9-12(20-5)11-14(13)21-6/h9-11,15,18H,7-8,17H2,1-6H3. The van der Waals surface area contributed by atoms with Crippen LogP contribution in [-0.2, 0) is 0 Å². The topological polar surface area (TPSA) is 59.8 Å². The third-order valence-electron chi connectivity index (χ3n) is 4.57. The van der Waals surface area contributed by atoms with Gasteiger partial charge in [-0.3, -0.25) is 11.3 Å². The Hall–Kier alpha value is -1.30. The van der Waals surface area contributed by atoms with E-state index in [2.05, 4.69) is 38.3 Å². The second-order valence-corrected chi connectivity index (χ2v) is 5.41. The van der Waals surface area contributed by atoms with Gasteiger partial charge < -0.3 is 14.4 Å². The van der Waals surface area contributed by atoms with Crippen molar-refractivity contribution in [2.45, 2.75) is 38.3 Å². The molecule has 21 heavy (non-hydrogen) atoms. The number of hydrogen-bond acceptors (Lipinski definition) is 5. The zero-order chi connectivity index (χ0) is 16.0. The summed E-state index contributed by atoms with van der Waals surface area (Å²) in [6.07, 6.45) is 1.95. The second-order valence-electron chi connectivity index (χ2n) is 5.41. The molecule has 0 saturated carbocycles. The number of methoxy groups -OCH3 is 2.